The number of hydrogen-bond acceptors (Lipinski definition) is 5. The van der Waals surface area contributed by atoms with E-state index >= 15 is 0 Å². The maximum absolute atomic E-state index is 12.1. The molecular weight excluding hydrogens is 422 g/mol. The number of amides is 1. The largest absolute Gasteiger partial charge is 0.486 e. The maximum Gasteiger partial charge on any atom is 0.252 e. The van der Waals surface area contributed by atoms with Gasteiger partial charge in [0.2, 0.25) is 0 Å². The van der Waals surface area contributed by atoms with Crippen molar-refractivity contribution in [2.24, 2.45) is 5.92 Å². The zero-order valence-electron chi connectivity index (χ0n) is 15.6. The van der Waals surface area contributed by atoms with Gasteiger partial charge in [-0.1, -0.05) is 15.9 Å². The lowest BCUT2D eigenvalue weighted by Gasteiger charge is -2.35. The van der Waals surface area contributed by atoms with Crippen molar-refractivity contribution in [1.29, 1.82) is 0 Å². The Labute approximate surface area is 173 Å². The first-order valence-electron chi connectivity index (χ1n) is 9.67. The summed E-state index contributed by atoms with van der Waals surface area (Å²) in [4.78, 5) is 18.6. The first-order valence-corrected chi connectivity index (χ1v) is 10.5. The molecule has 1 N–H and O–H groups in total. The van der Waals surface area contributed by atoms with Gasteiger partial charge in [-0.25, -0.2) is 0 Å². The highest BCUT2D eigenvalue weighted by molar-refractivity contribution is 9.10. The number of ether oxygens (including phenoxy) is 2. The fourth-order valence-corrected chi connectivity index (χ4v) is 4.02. The van der Waals surface area contributed by atoms with E-state index in [-0.39, 0.29) is 12.0 Å². The Morgan fingerprint density at radius 1 is 1.25 bits per heavy atom. The number of carbonyl (C=O) groups is 1. The molecule has 2 aliphatic rings. The van der Waals surface area contributed by atoms with Crippen molar-refractivity contribution in [2.75, 3.05) is 32.8 Å². The Morgan fingerprint density at radius 3 is 2.89 bits per heavy atom. The van der Waals surface area contributed by atoms with E-state index in [1.165, 1.54) is 0 Å². The Balaban J connectivity index is 1.20. The molecule has 4 rings (SSSR count). The summed E-state index contributed by atoms with van der Waals surface area (Å²) in [6.07, 6.45) is 5.46. The second-order valence-corrected chi connectivity index (χ2v) is 8.25. The van der Waals surface area contributed by atoms with Gasteiger partial charge in [0, 0.05) is 30.0 Å². The van der Waals surface area contributed by atoms with E-state index in [9.17, 15) is 4.79 Å². The average molecular weight is 446 g/mol. The van der Waals surface area contributed by atoms with Crippen LogP contribution >= 0.6 is 15.9 Å². The lowest BCUT2D eigenvalue weighted by atomic mass is 9.96. The van der Waals surface area contributed by atoms with Crippen molar-refractivity contribution in [3.8, 4) is 11.5 Å². The molecule has 2 aromatic rings. The van der Waals surface area contributed by atoms with Gasteiger partial charge in [0.15, 0.2) is 11.5 Å². The molecule has 0 aliphatic carbocycles. The molecule has 1 aromatic heterocycles. The van der Waals surface area contributed by atoms with Crippen molar-refractivity contribution in [3.63, 3.8) is 0 Å². The van der Waals surface area contributed by atoms with E-state index in [2.05, 4.69) is 31.1 Å². The Hall–Kier alpha value is -2.12. The highest BCUT2D eigenvalue weighted by Crippen LogP contribution is 2.34. The zero-order chi connectivity index (χ0) is 19.3. The summed E-state index contributed by atoms with van der Waals surface area (Å²) in [5.74, 6) is 2.08. The highest BCUT2D eigenvalue weighted by atomic mass is 79.9. The monoisotopic (exact) mass is 445 g/mol. The number of hydrogen-bond donors (Lipinski definition) is 1. The predicted molar refractivity (Wildman–Crippen MR) is 110 cm³/mol. The molecule has 28 heavy (non-hydrogen) atoms. The molecule has 1 amide bonds. The van der Waals surface area contributed by atoms with Gasteiger partial charge < -0.3 is 14.8 Å². The third-order valence-corrected chi connectivity index (χ3v) is 5.76. The summed E-state index contributed by atoms with van der Waals surface area (Å²) in [5, 5.41) is 3.03. The van der Waals surface area contributed by atoms with Gasteiger partial charge in [-0.2, -0.15) is 0 Å². The fourth-order valence-electron chi connectivity index (χ4n) is 3.68. The van der Waals surface area contributed by atoms with Gasteiger partial charge in [0.1, 0.15) is 12.7 Å². The molecule has 0 bridgehead atoms. The number of pyridine rings is 1. The average Bonchev–Trinajstić information content (AvgIpc) is 2.73. The van der Waals surface area contributed by atoms with Crippen molar-refractivity contribution in [2.45, 2.75) is 18.9 Å². The minimum atomic E-state index is -0.0480. The number of aromatic nitrogens is 1. The summed E-state index contributed by atoms with van der Waals surface area (Å²) < 4.78 is 12.9. The summed E-state index contributed by atoms with van der Waals surface area (Å²) >= 11 is 3.48. The predicted octanol–water partition coefficient (Wildman–Crippen LogP) is 3.13. The number of benzene rings is 1. The summed E-state index contributed by atoms with van der Waals surface area (Å²) in [7, 11) is 0. The molecule has 1 atom stereocenters. The minimum absolute atomic E-state index is 0.0450. The molecule has 0 spiro atoms. The van der Waals surface area contributed by atoms with E-state index in [0.29, 0.717) is 24.6 Å². The van der Waals surface area contributed by atoms with Gasteiger partial charge in [-0.05, 0) is 62.2 Å². The molecule has 6 nitrogen and oxygen atoms in total. The van der Waals surface area contributed by atoms with Gasteiger partial charge in [0.25, 0.3) is 5.91 Å². The molecule has 3 heterocycles. The standard InChI is InChI=1S/C21H24BrN3O3/c22-17-3-4-19-20(10-17)28-18(14-27-19)13-25-8-5-15(6-9-25)11-24-21(26)16-2-1-7-23-12-16/h1-4,7,10,12,15,18H,5-6,8-9,11,13-14H2,(H,24,26). The number of rotatable bonds is 5. The number of nitrogens with one attached hydrogen (secondary N) is 1. The van der Waals surface area contributed by atoms with Crippen LogP contribution in [0.3, 0.4) is 0 Å². The van der Waals surface area contributed by atoms with E-state index in [1.54, 1.807) is 24.5 Å². The van der Waals surface area contributed by atoms with Crippen LogP contribution in [0.25, 0.3) is 0 Å². The van der Waals surface area contributed by atoms with Crippen LogP contribution in [-0.4, -0.2) is 54.7 Å². The maximum atomic E-state index is 12.1. The molecule has 1 fully saturated rings. The third kappa shape index (κ3) is 4.83. The quantitative estimate of drug-likeness (QED) is 0.765. The van der Waals surface area contributed by atoms with Gasteiger partial charge in [-0.3, -0.25) is 14.7 Å². The lowest BCUT2D eigenvalue weighted by molar-refractivity contribution is 0.0476. The number of likely N-dealkylation sites (tertiary alicyclic amines) is 1. The van der Waals surface area contributed by atoms with Crippen molar-refractivity contribution in [1.82, 2.24) is 15.2 Å². The van der Waals surface area contributed by atoms with Gasteiger partial charge in [-0.15, -0.1) is 0 Å². The van der Waals surface area contributed by atoms with Crippen LogP contribution in [0.1, 0.15) is 23.2 Å². The molecule has 0 saturated carbocycles. The van der Waals surface area contributed by atoms with Crippen LogP contribution < -0.4 is 14.8 Å². The molecule has 148 valence electrons. The highest BCUT2D eigenvalue weighted by Gasteiger charge is 2.26. The number of piperidine rings is 1. The van der Waals surface area contributed by atoms with Crippen molar-refractivity contribution in [3.05, 3.63) is 52.8 Å². The number of fused-ring (bicyclic) bond motifs is 1. The molecule has 1 aromatic carbocycles. The van der Waals surface area contributed by atoms with E-state index in [4.69, 9.17) is 9.47 Å². The van der Waals surface area contributed by atoms with Crippen molar-refractivity contribution < 1.29 is 14.3 Å². The van der Waals surface area contributed by atoms with Crippen LogP contribution in [0, 0.1) is 5.92 Å². The molecule has 0 radical (unpaired) electrons. The second-order valence-electron chi connectivity index (χ2n) is 7.34. The normalized spacial score (nSPS) is 20.0. The van der Waals surface area contributed by atoms with E-state index < -0.39 is 0 Å². The minimum Gasteiger partial charge on any atom is -0.486 e. The van der Waals surface area contributed by atoms with Crippen LogP contribution in [-0.2, 0) is 0 Å². The molecule has 2 aliphatic heterocycles. The topological polar surface area (TPSA) is 63.7 Å². The first kappa shape index (κ1) is 19.2. The van der Waals surface area contributed by atoms with Crippen LogP contribution in [0.4, 0.5) is 0 Å². The molecule has 7 heteroatoms. The van der Waals surface area contributed by atoms with Crippen LogP contribution in [0.5, 0.6) is 11.5 Å². The Morgan fingerprint density at radius 2 is 2.11 bits per heavy atom. The lowest BCUT2D eigenvalue weighted by Crippen LogP contribution is -2.45. The van der Waals surface area contributed by atoms with E-state index in [0.717, 1.165) is 48.4 Å². The molecule has 1 unspecified atom stereocenters. The zero-order valence-corrected chi connectivity index (χ0v) is 17.2. The number of carbonyl (C=O) groups excluding carboxylic acids is 1. The Kier molecular flexibility index (Phi) is 6.12. The van der Waals surface area contributed by atoms with Crippen LogP contribution in [0.15, 0.2) is 47.2 Å². The van der Waals surface area contributed by atoms with E-state index in [1.807, 2.05) is 18.2 Å². The SMILES string of the molecule is O=C(NCC1CCN(CC2COc3ccc(Br)cc3O2)CC1)c1cccnc1. The number of halogens is 1. The van der Waals surface area contributed by atoms with Crippen molar-refractivity contribution >= 4 is 21.8 Å². The number of nitrogens with zero attached hydrogens (tertiary/aromatic N) is 2. The van der Waals surface area contributed by atoms with Gasteiger partial charge >= 0.3 is 0 Å². The van der Waals surface area contributed by atoms with Gasteiger partial charge in [0.05, 0.1) is 5.56 Å². The third-order valence-electron chi connectivity index (χ3n) is 5.27. The fraction of sp³-hybridized carbons (Fsp3) is 0.429. The summed E-state index contributed by atoms with van der Waals surface area (Å²) in [5.41, 5.74) is 0.612. The van der Waals surface area contributed by atoms with Crippen LogP contribution in [0.2, 0.25) is 0 Å². The molecular formula is C21H24BrN3O3. The molecule has 1 saturated heterocycles. The summed E-state index contributed by atoms with van der Waals surface area (Å²) in [6.45, 7) is 4.18. The smallest absolute Gasteiger partial charge is 0.252 e. The second kappa shape index (κ2) is 8.92. The Bertz CT molecular complexity index is 810. The summed E-state index contributed by atoms with van der Waals surface area (Å²) in [6, 6.07) is 9.41. The first-order chi connectivity index (χ1) is 13.7.